The molecule has 0 spiro atoms. The fourth-order valence-electron chi connectivity index (χ4n) is 1.82. The van der Waals surface area contributed by atoms with Crippen molar-refractivity contribution in [2.45, 2.75) is 0 Å². The average molecular weight is 323 g/mol. The second kappa shape index (κ2) is 6.09. The van der Waals surface area contributed by atoms with Gasteiger partial charge in [0.2, 0.25) is 0 Å². The molecule has 1 aromatic rings. The molecule has 7 heteroatoms. The molecule has 0 radical (unpaired) electrons. The minimum Gasteiger partial charge on any atom is -0.378 e. The first kappa shape index (κ1) is 14.6. The van der Waals surface area contributed by atoms with E-state index in [0.29, 0.717) is 26.3 Å². The Labute approximate surface area is 125 Å². The SMILES string of the molecule is O=C(Cl)c1ccc(Cl)c(C(=O)N2CCOCC2)c1Cl. The molecule has 0 aliphatic carbocycles. The Kier molecular flexibility index (Phi) is 4.68. The van der Waals surface area contributed by atoms with Crippen molar-refractivity contribution in [1.82, 2.24) is 4.90 Å². The molecule has 0 atom stereocenters. The van der Waals surface area contributed by atoms with Gasteiger partial charge in [-0.3, -0.25) is 9.59 Å². The largest absolute Gasteiger partial charge is 0.378 e. The van der Waals surface area contributed by atoms with Crippen molar-refractivity contribution in [2.24, 2.45) is 0 Å². The molecule has 0 unspecified atom stereocenters. The van der Waals surface area contributed by atoms with Gasteiger partial charge in [0.1, 0.15) is 0 Å². The summed E-state index contributed by atoms with van der Waals surface area (Å²) < 4.78 is 5.17. The lowest BCUT2D eigenvalue weighted by molar-refractivity contribution is 0.0303. The number of carbonyl (C=O) groups excluding carboxylic acids is 2. The maximum atomic E-state index is 12.4. The van der Waals surface area contributed by atoms with E-state index in [-0.39, 0.29) is 27.1 Å². The quantitative estimate of drug-likeness (QED) is 0.787. The Morgan fingerprint density at radius 1 is 1.16 bits per heavy atom. The van der Waals surface area contributed by atoms with Crippen LogP contribution in [-0.2, 0) is 4.74 Å². The Bertz CT molecular complexity index is 527. The molecule has 1 amide bonds. The fourth-order valence-corrected chi connectivity index (χ4v) is 2.65. The molecule has 1 heterocycles. The molecular weight excluding hydrogens is 312 g/mol. The predicted octanol–water partition coefficient (Wildman–Crippen LogP) is 2.84. The van der Waals surface area contributed by atoms with Crippen LogP contribution in [0.15, 0.2) is 12.1 Å². The molecule has 1 fully saturated rings. The van der Waals surface area contributed by atoms with Gasteiger partial charge in [-0.15, -0.1) is 0 Å². The standard InChI is InChI=1S/C12H10Cl3NO3/c13-8-2-1-7(11(15)17)10(14)9(8)12(18)16-3-5-19-6-4-16/h1-2H,3-6H2. The summed E-state index contributed by atoms with van der Waals surface area (Å²) in [6.45, 7) is 1.86. The molecule has 102 valence electrons. The van der Waals surface area contributed by atoms with Gasteiger partial charge in [0.05, 0.1) is 34.4 Å². The maximum absolute atomic E-state index is 12.4. The van der Waals surface area contributed by atoms with Gasteiger partial charge in [0.15, 0.2) is 0 Å². The van der Waals surface area contributed by atoms with Gasteiger partial charge in [-0.25, -0.2) is 0 Å². The van der Waals surface area contributed by atoms with Gasteiger partial charge in [-0.1, -0.05) is 23.2 Å². The Morgan fingerprint density at radius 2 is 1.79 bits per heavy atom. The lowest BCUT2D eigenvalue weighted by atomic mass is 10.1. The summed E-state index contributed by atoms with van der Waals surface area (Å²) in [6.07, 6.45) is 0. The van der Waals surface area contributed by atoms with Crippen molar-refractivity contribution in [1.29, 1.82) is 0 Å². The number of rotatable bonds is 2. The minimum atomic E-state index is -0.724. The highest BCUT2D eigenvalue weighted by molar-refractivity contribution is 6.69. The third-order valence-corrected chi connectivity index (χ3v) is 3.73. The van der Waals surface area contributed by atoms with Crippen LogP contribution in [-0.4, -0.2) is 42.4 Å². The second-order valence-corrected chi connectivity index (χ2v) is 5.09. The highest BCUT2D eigenvalue weighted by atomic mass is 35.5. The molecule has 2 rings (SSSR count). The summed E-state index contributed by atoms with van der Waals surface area (Å²) in [5.74, 6) is -0.321. The van der Waals surface area contributed by atoms with E-state index in [1.165, 1.54) is 12.1 Å². The fraction of sp³-hybridized carbons (Fsp3) is 0.333. The molecule has 1 aliphatic rings. The smallest absolute Gasteiger partial charge is 0.257 e. The molecule has 1 aliphatic heterocycles. The monoisotopic (exact) mass is 321 g/mol. The Morgan fingerprint density at radius 3 is 2.37 bits per heavy atom. The number of ether oxygens (including phenoxy) is 1. The molecule has 1 saturated heterocycles. The van der Waals surface area contributed by atoms with E-state index >= 15 is 0 Å². The molecular formula is C12H10Cl3NO3. The molecule has 0 bridgehead atoms. The predicted molar refractivity (Wildman–Crippen MR) is 73.4 cm³/mol. The van der Waals surface area contributed by atoms with Gasteiger partial charge < -0.3 is 9.64 Å². The van der Waals surface area contributed by atoms with Crippen LogP contribution in [0.1, 0.15) is 20.7 Å². The lowest BCUT2D eigenvalue weighted by Crippen LogP contribution is -2.41. The first-order chi connectivity index (χ1) is 9.02. The van der Waals surface area contributed by atoms with Gasteiger partial charge >= 0.3 is 0 Å². The van der Waals surface area contributed by atoms with Gasteiger partial charge in [-0.2, -0.15) is 0 Å². The van der Waals surface area contributed by atoms with Crippen LogP contribution < -0.4 is 0 Å². The zero-order valence-corrected chi connectivity index (χ0v) is 12.1. The first-order valence-electron chi connectivity index (χ1n) is 5.57. The van der Waals surface area contributed by atoms with E-state index in [4.69, 9.17) is 39.5 Å². The van der Waals surface area contributed by atoms with Crippen molar-refractivity contribution >= 4 is 46.0 Å². The van der Waals surface area contributed by atoms with E-state index in [9.17, 15) is 9.59 Å². The van der Waals surface area contributed by atoms with Crippen molar-refractivity contribution < 1.29 is 14.3 Å². The number of nitrogens with zero attached hydrogens (tertiary/aromatic N) is 1. The van der Waals surface area contributed by atoms with E-state index in [2.05, 4.69) is 0 Å². The highest BCUT2D eigenvalue weighted by Crippen LogP contribution is 2.30. The zero-order valence-electron chi connectivity index (χ0n) is 9.79. The summed E-state index contributed by atoms with van der Waals surface area (Å²) in [6, 6.07) is 2.84. The van der Waals surface area contributed by atoms with Gasteiger partial charge in [0.25, 0.3) is 11.1 Å². The molecule has 0 saturated carbocycles. The first-order valence-corrected chi connectivity index (χ1v) is 6.70. The second-order valence-electron chi connectivity index (χ2n) is 3.96. The van der Waals surface area contributed by atoms with E-state index in [0.717, 1.165) is 0 Å². The third-order valence-electron chi connectivity index (χ3n) is 2.82. The van der Waals surface area contributed by atoms with Gasteiger partial charge in [0, 0.05) is 13.1 Å². The molecule has 0 aromatic heterocycles. The topological polar surface area (TPSA) is 46.6 Å². The van der Waals surface area contributed by atoms with Crippen LogP contribution in [0, 0.1) is 0 Å². The number of halogens is 3. The summed E-state index contributed by atoms with van der Waals surface area (Å²) in [7, 11) is 0. The van der Waals surface area contributed by atoms with Crippen LogP contribution in [0.3, 0.4) is 0 Å². The highest BCUT2D eigenvalue weighted by Gasteiger charge is 2.25. The van der Waals surface area contributed by atoms with Crippen molar-refractivity contribution in [2.75, 3.05) is 26.3 Å². The minimum absolute atomic E-state index is 0.0102. The number of benzene rings is 1. The van der Waals surface area contributed by atoms with Crippen LogP contribution >= 0.6 is 34.8 Å². The summed E-state index contributed by atoms with van der Waals surface area (Å²) >= 11 is 17.5. The zero-order chi connectivity index (χ0) is 14.0. The lowest BCUT2D eigenvalue weighted by Gasteiger charge is -2.27. The van der Waals surface area contributed by atoms with Crippen LogP contribution in [0.25, 0.3) is 0 Å². The van der Waals surface area contributed by atoms with Gasteiger partial charge in [-0.05, 0) is 23.7 Å². The molecule has 1 aromatic carbocycles. The molecule has 4 nitrogen and oxygen atoms in total. The van der Waals surface area contributed by atoms with Crippen molar-refractivity contribution in [3.05, 3.63) is 33.3 Å². The van der Waals surface area contributed by atoms with E-state index in [1.54, 1.807) is 4.90 Å². The van der Waals surface area contributed by atoms with E-state index < -0.39 is 5.24 Å². The Balaban J connectivity index is 2.40. The van der Waals surface area contributed by atoms with Crippen LogP contribution in [0.5, 0.6) is 0 Å². The summed E-state index contributed by atoms with van der Waals surface area (Å²) in [4.78, 5) is 25.2. The van der Waals surface area contributed by atoms with E-state index in [1.807, 2.05) is 0 Å². The molecule has 0 N–H and O–H groups in total. The van der Waals surface area contributed by atoms with Crippen molar-refractivity contribution in [3.8, 4) is 0 Å². The maximum Gasteiger partial charge on any atom is 0.257 e. The van der Waals surface area contributed by atoms with Crippen molar-refractivity contribution in [3.63, 3.8) is 0 Å². The Hall–Kier alpha value is -0.810. The van der Waals surface area contributed by atoms with Crippen LogP contribution in [0.4, 0.5) is 0 Å². The van der Waals surface area contributed by atoms with Crippen LogP contribution in [0.2, 0.25) is 10.0 Å². The molecule has 19 heavy (non-hydrogen) atoms. The number of hydrogen-bond acceptors (Lipinski definition) is 3. The number of amides is 1. The third kappa shape index (κ3) is 3.03. The number of morpholine rings is 1. The normalized spacial score (nSPS) is 15.4. The summed E-state index contributed by atoms with van der Waals surface area (Å²) in [5, 5.41) is -0.537. The number of hydrogen-bond donors (Lipinski definition) is 0. The number of carbonyl (C=O) groups is 2. The average Bonchev–Trinajstić information content (AvgIpc) is 2.39. The summed E-state index contributed by atoms with van der Waals surface area (Å²) in [5.41, 5.74) is 0.182.